The average Bonchev–Trinajstić information content (AvgIpc) is 2.94. The molecule has 1 saturated heterocycles. The molecule has 3 aromatic carbocycles. The first kappa shape index (κ1) is 27.5. The molecule has 0 saturated carbocycles. The van der Waals surface area contributed by atoms with Crippen molar-refractivity contribution >= 4 is 22.4 Å². The van der Waals surface area contributed by atoms with E-state index in [9.17, 15) is 23.1 Å². The quantitative estimate of drug-likeness (QED) is 0.337. The smallest absolute Gasteiger partial charge is 0.416 e. The summed E-state index contributed by atoms with van der Waals surface area (Å²) in [5.74, 6) is 0.185. The second-order valence-corrected chi connectivity index (χ2v) is 9.70. The van der Waals surface area contributed by atoms with Gasteiger partial charge in [-0.2, -0.15) is 13.2 Å². The number of benzene rings is 3. The summed E-state index contributed by atoms with van der Waals surface area (Å²) in [6, 6.07) is 15.7. The number of aliphatic hydroxyl groups is 1. The lowest BCUT2D eigenvalue weighted by atomic mass is 10.0. The Bertz CT molecular complexity index is 1520. The van der Waals surface area contributed by atoms with Gasteiger partial charge in [-0.1, -0.05) is 18.2 Å². The summed E-state index contributed by atoms with van der Waals surface area (Å²) in [7, 11) is 1.99. The summed E-state index contributed by atoms with van der Waals surface area (Å²) in [6.07, 6.45) is -3.27. The molecule has 0 atom stereocenters. The zero-order valence-corrected chi connectivity index (χ0v) is 21.8. The molecule has 0 unspecified atom stereocenters. The number of hydrogen-bond donors (Lipinski definition) is 2. The van der Waals surface area contributed by atoms with Gasteiger partial charge in [0.05, 0.1) is 17.9 Å². The van der Waals surface area contributed by atoms with Crippen LogP contribution in [0, 0.1) is 0 Å². The molecule has 1 aliphatic heterocycles. The number of likely N-dealkylation sites (N-methyl/N-ethyl adjacent to an activating group) is 1. The molecule has 2 N–H and O–H groups in total. The van der Waals surface area contributed by atoms with Crippen molar-refractivity contribution in [1.82, 2.24) is 19.8 Å². The molecule has 0 aliphatic carbocycles. The molecule has 1 amide bonds. The summed E-state index contributed by atoms with van der Waals surface area (Å²) >= 11 is 0. The summed E-state index contributed by atoms with van der Waals surface area (Å²) in [6.45, 7) is 2.95. The number of rotatable bonds is 7. The van der Waals surface area contributed by atoms with Gasteiger partial charge in [0, 0.05) is 50.0 Å². The first-order valence-electron chi connectivity index (χ1n) is 12.7. The van der Waals surface area contributed by atoms with Crippen molar-refractivity contribution in [2.45, 2.75) is 19.3 Å². The number of anilines is 1. The zero-order chi connectivity index (χ0) is 28.3. The van der Waals surface area contributed by atoms with E-state index < -0.39 is 17.6 Å². The highest BCUT2D eigenvalue weighted by Crippen LogP contribution is 2.35. The maximum Gasteiger partial charge on any atom is 0.416 e. The minimum Gasteiger partial charge on any atom is -0.439 e. The Morgan fingerprint density at radius 3 is 2.58 bits per heavy atom. The van der Waals surface area contributed by atoms with Crippen LogP contribution in [0.15, 0.2) is 67.0 Å². The number of alkyl halides is 3. The number of aliphatic hydroxyl groups excluding tert-OH is 1. The monoisotopic (exact) mass is 551 g/mol. The minimum atomic E-state index is -4.56. The maximum absolute atomic E-state index is 14.0. The molecule has 1 fully saturated rings. The molecule has 40 heavy (non-hydrogen) atoms. The van der Waals surface area contributed by atoms with Crippen LogP contribution in [0.5, 0.6) is 11.6 Å². The zero-order valence-electron chi connectivity index (χ0n) is 21.8. The minimum absolute atomic E-state index is 0.0693. The third kappa shape index (κ3) is 6.39. The van der Waals surface area contributed by atoms with Crippen LogP contribution >= 0.6 is 0 Å². The van der Waals surface area contributed by atoms with Crippen molar-refractivity contribution in [1.29, 1.82) is 0 Å². The van der Waals surface area contributed by atoms with Gasteiger partial charge in [-0.3, -0.25) is 9.69 Å². The van der Waals surface area contributed by atoms with Crippen molar-refractivity contribution < 1.29 is 27.8 Å². The van der Waals surface area contributed by atoms with E-state index in [-0.39, 0.29) is 30.3 Å². The van der Waals surface area contributed by atoms with Gasteiger partial charge in [-0.25, -0.2) is 9.97 Å². The Hall–Kier alpha value is -4.06. The second-order valence-electron chi connectivity index (χ2n) is 9.70. The standard InChI is InChI=1S/C29H28F3N5O3/c1-36-9-11-37(12-10-36)16-20-5-6-21(14-26(20)29(30,31)32)35-28(39)25-4-2-3-19-13-23(7-8-24(19)25)40-27-15-22(17-38)33-18-34-27/h2-8,13-15,18,38H,9-12,16-17H2,1H3,(H,35,39). The van der Waals surface area contributed by atoms with Gasteiger partial charge < -0.3 is 20.1 Å². The highest BCUT2D eigenvalue weighted by Gasteiger charge is 2.34. The van der Waals surface area contributed by atoms with Crippen LogP contribution in [-0.4, -0.2) is 64.0 Å². The highest BCUT2D eigenvalue weighted by atomic mass is 19.4. The molecule has 2 heterocycles. The fraction of sp³-hybridized carbons (Fsp3) is 0.276. The Morgan fingerprint density at radius 1 is 1.02 bits per heavy atom. The van der Waals surface area contributed by atoms with Crippen LogP contribution < -0.4 is 10.1 Å². The van der Waals surface area contributed by atoms with Gasteiger partial charge in [-0.15, -0.1) is 0 Å². The first-order valence-corrected chi connectivity index (χ1v) is 12.7. The Morgan fingerprint density at radius 2 is 1.82 bits per heavy atom. The molecule has 0 radical (unpaired) electrons. The van der Waals surface area contributed by atoms with Crippen LogP contribution in [0.1, 0.15) is 27.2 Å². The number of hydrogen-bond acceptors (Lipinski definition) is 7. The molecule has 1 aromatic heterocycles. The summed E-state index contributed by atoms with van der Waals surface area (Å²) < 4.78 is 47.7. The Kier molecular flexibility index (Phi) is 7.97. The van der Waals surface area contributed by atoms with Crippen LogP contribution in [0.2, 0.25) is 0 Å². The number of carbonyl (C=O) groups is 1. The maximum atomic E-state index is 14.0. The number of amides is 1. The summed E-state index contributed by atoms with van der Waals surface area (Å²) in [5, 5.41) is 13.2. The summed E-state index contributed by atoms with van der Waals surface area (Å²) in [5.41, 5.74) is 0.218. The lowest BCUT2D eigenvalue weighted by molar-refractivity contribution is -0.138. The largest absolute Gasteiger partial charge is 0.439 e. The molecule has 208 valence electrons. The van der Waals surface area contributed by atoms with Crippen molar-refractivity contribution in [3.8, 4) is 11.6 Å². The number of fused-ring (bicyclic) bond motifs is 1. The lowest BCUT2D eigenvalue weighted by Crippen LogP contribution is -2.44. The Labute approximate surface area is 229 Å². The van der Waals surface area contributed by atoms with Crippen LogP contribution in [0.4, 0.5) is 18.9 Å². The molecule has 11 heteroatoms. The molecule has 0 bridgehead atoms. The van der Waals surface area contributed by atoms with Gasteiger partial charge >= 0.3 is 6.18 Å². The van der Waals surface area contributed by atoms with Crippen LogP contribution in [0.3, 0.4) is 0 Å². The van der Waals surface area contributed by atoms with E-state index in [0.29, 0.717) is 40.9 Å². The first-order chi connectivity index (χ1) is 19.2. The number of piperazine rings is 1. The SMILES string of the molecule is CN1CCN(Cc2ccc(NC(=O)c3cccc4cc(Oc5cc(CO)ncn5)ccc34)cc2C(F)(F)F)CC1. The van der Waals surface area contributed by atoms with Crippen LogP contribution in [-0.2, 0) is 19.3 Å². The third-order valence-electron chi connectivity index (χ3n) is 6.84. The molecular formula is C29H28F3N5O3. The number of aromatic nitrogens is 2. The van der Waals surface area contributed by atoms with Crippen molar-refractivity contribution in [2.75, 3.05) is 38.5 Å². The molecule has 8 nitrogen and oxygen atoms in total. The molecular weight excluding hydrogens is 523 g/mol. The number of nitrogens with one attached hydrogen (secondary N) is 1. The molecule has 5 rings (SSSR count). The lowest BCUT2D eigenvalue weighted by Gasteiger charge is -2.33. The normalized spacial score (nSPS) is 14.8. The predicted octanol–water partition coefficient (Wildman–Crippen LogP) is 4.93. The topological polar surface area (TPSA) is 90.8 Å². The number of ether oxygens (including phenoxy) is 1. The number of nitrogens with zero attached hydrogens (tertiary/aromatic N) is 4. The van der Waals surface area contributed by atoms with Gasteiger partial charge in [0.2, 0.25) is 5.88 Å². The predicted molar refractivity (Wildman–Crippen MR) is 144 cm³/mol. The average molecular weight is 552 g/mol. The molecule has 0 spiro atoms. The van der Waals surface area contributed by atoms with Gasteiger partial charge in [0.1, 0.15) is 12.1 Å². The fourth-order valence-electron chi connectivity index (χ4n) is 4.66. The highest BCUT2D eigenvalue weighted by molar-refractivity contribution is 6.13. The number of carbonyl (C=O) groups excluding carboxylic acids is 1. The van der Waals surface area contributed by atoms with Crippen molar-refractivity contribution in [2.24, 2.45) is 0 Å². The number of halogens is 3. The van der Waals surface area contributed by atoms with E-state index in [1.165, 1.54) is 24.5 Å². The molecule has 1 aliphatic rings. The van der Waals surface area contributed by atoms with E-state index in [0.717, 1.165) is 19.2 Å². The van der Waals surface area contributed by atoms with Crippen LogP contribution in [0.25, 0.3) is 10.8 Å². The van der Waals surface area contributed by atoms with E-state index in [1.807, 2.05) is 11.9 Å². The van der Waals surface area contributed by atoms with Crippen molar-refractivity contribution in [3.05, 3.63) is 89.4 Å². The van der Waals surface area contributed by atoms with Gasteiger partial charge in [0.15, 0.2) is 0 Å². The summed E-state index contributed by atoms with van der Waals surface area (Å²) in [4.78, 5) is 25.3. The van der Waals surface area contributed by atoms with Gasteiger partial charge in [0.25, 0.3) is 5.91 Å². The van der Waals surface area contributed by atoms with E-state index in [1.54, 1.807) is 36.4 Å². The fourth-order valence-corrected chi connectivity index (χ4v) is 4.66. The molecule has 4 aromatic rings. The van der Waals surface area contributed by atoms with E-state index in [4.69, 9.17) is 4.74 Å². The third-order valence-corrected chi connectivity index (χ3v) is 6.84. The van der Waals surface area contributed by atoms with E-state index in [2.05, 4.69) is 20.2 Å². The second kappa shape index (κ2) is 11.6. The van der Waals surface area contributed by atoms with Crippen molar-refractivity contribution in [3.63, 3.8) is 0 Å². The van der Waals surface area contributed by atoms with E-state index >= 15 is 0 Å². The Balaban J connectivity index is 1.35. The van der Waals surface area contributed by atoms with Gasteiger partial charge in [-0.05, 0) is 59.8 Å².